The predicted octanol–water partition coefficient (Wildman–Crippen LogP) is 15.5. The Morgan fingerprint density at radius 2 is 0.911 bits per heavy atom. The highest BCUT2D eigenvalue weighted by molar-refractivity contribution is 6.24. The van der Waals surface area contributed by atoms with Crippen LogP contribution in [0.2, 0.25) is 0 Å². The van der Waals surface area contributed by atoms with Crippen LogP contribution in [0.25, 0.3) is 110 Å². The summed E-state index contributed by atoms with van der Waals surface area (Å²) in [6.07, 6.45) is 0. The van der Waals surface area contributed by atoms with Crippen LogP contribution < -0.4 is 0 Å². The molecule has 262 valence electrons. The van der Waals surface area contributed by atoms with Gasteiger partial charge in [0, 0.05) is 16.2 Å². The molecule has 0 fully saturated rings. The molecule has 0 saturated heterocycles. The van der Waals surface area contributed by atoms with Gasteiger partial charge in [-0.3, -0.25) is 0 Å². The van der Waals surface area contributed by atoms with Crippen LogP contribution in [0.15, 0.2) is 186 Å². The second-order valence-corrected chi connectivity index (χ2v) is 16.0. The van der Waals surface area contributed by atoms with E-state index in [0.717, 1.165) is 11.2 Å². The van der Waals surface area contributed by atoms with E-state index in [9.17, 15) is 0 Å². The first-order chi connectivity index (χ1) is 27.5. The average Bonchev–Trinajstić information content (AvgIpc) is 3.73. The van der Waals surface area contributed by atoms with E-state index in [2.05, 4.69) is 190 Å². The molecule has 0 atom stereocenters. The summed E-state index contributed by atoms with van der Waals surface area (Å²) in [6, 6.07) is 67.2. The summed E-state index contributed by atoms with van der Waals surface area (Å²) in [7, 11) is 0. The van der Waals surface area contributed by atoms with Crippen molar-refractivity contribution >= 4 is 65.0 Å². The smallest absolute Gasteiger partial charge is 0.136 e. The van der Waals surface area contributed by atoms with Gasteiger partial charge >= 0.3 is 0 Å². The maximum absolute atomic E-state index is 6.31. The normalized spacial score (nSPS) is 13.3. The Morgan fingerprint density at radius 3 is 1.62 bits per heavy atom. The largest absolute Gasteiger partial charge is 0.456 e. The van der Waals surface area contributed by atoms with Crippen LogP contribution in [-0.4, -0.2) is 0 Å². The lowest BCUT2D eigenvalue weighted by Gasteiger charge is -2.22. The van der Waals surface area contributed by atoms with Crippen LogP contribution in [0.4, 0.5) is 0 Å². The molecule has 0 unspecified atom stereocenters. The lowest BCUT2D eigenvalue weighted by atomic mass is 9.80. The minimum Gasteiger partial charge on any atom is -0.456 e. The van der Waals surface area contributed by atoms with Gasteiger partial charge < -0.3 is 4.42 Å². The van der Waals surface area contributed by atoms with Gasteiger partial charge in [-0.1, -0.05) is 166 Å². The van der Waals surface area contributed by atoms with Gasteiger partial charge in [-0.15, -0.1) is 0 Å². The number of hydrogen-bond donors (Lipinski definition) is 0. The van der Waals surface area contributed by atoms with Crippen molar-refractivity contribution in [3.05, 3.63) is 193 Å². The van der Waals surface area contributed by atoms with E-state index in [0.29, 0.717) is 0 Å². The number of rotatable bonds is 3. The summed E-state index contributed by atoms with van der Waals surface area (Å²) in [6.45, 7) is 4.76. The van der Waals surface area contributed by atoms with Crippen LogP contribution in [0, 0.1) is 0 Å². The lowest BCUT2D eigenvalue weighted by molar-refractivity contribution is 0.661. The molecule has 0 N–H and O–H groups in total. The van der Waals surface area contributed by atoms with Gasteiger partial charge in [0.25, 0.3) is 0 Å². The van der Waals surface area contributed by atoms with Crippen molar-refractivity contribution in [3.63, 3.8) is 0 Å². The molecule has 10 aromatic carbocycles. The number of hydrogen-bond acceptors (Lipinski definition) is 1. The standard InChI is InChI=1S/C55H36O/c1-55(2)48-28-24-35(31-46(48)47-30-34-25-29-51-54(45(34)32-49(47)55)44-22-12-13-23-50(44)56-51)52-39-18-8-10-20-41(39)53(42-21-11-9-19-40(42)52)43-27-26-36(33-14-4-3-5-15-33)37-16-6-7-17-38(37)43/h3-32H,1-2H3. The van der Waals surface area contributed by atoms with Crippen LogP contribution in [-0.2, 0) is 5.41 Å². The van der Waals surface area contributed by atoms with Crippen molar-refractivity contribution in [2.45, 2.75) is 19.3 Å². The fraction of sp³-hybridized carbons (Fsp3) is 0.0545. The van der Waals surface area contributed by atoms with Gasteiger partial charge in [0.1, 0.15) is 11.2 Å². The van der Waals surface area contributed by atoms with E-state index in [1.807, 2.05) is 6.07 Å². The van der Waals surface area contributed by atoms with Crippen molar-refractivity contribution in [2.24, 2.45) is 0 Å². The number of fused-ring (bicyclic) bond motifs is 11. The summed E-state index contributed by atoms with van der Waals surface area (Å²) in [4.78, 5) is 0. The van der Waals surface area contributed by atoms with Gasteiger partial charge in [0.15, 0.2) is 0 Å². The third kappa shape index (κ3) is 4.31. The van der Waals surface area contributed by atoms with Crippen LogP contribution in [0.5, 0.6) is 0 Å². The first-order valence-electron chi connectivity index (χ1n) is 19.6. The minimum absolute atomic E-state index is 0.153. The Hall–Kier alpha value is -6.96. The summed E-state index contributed by atoms with van der Waals surface area (Å²) in [5, 5.41) is 12.5. The second-order valence-electron chi connectivity index (χ2n) is 16.0. The molecular formula is C55H36O. The van der Waals surface area contributed by atoms with Gasteiger partial charge in [0.2, 0.25) is 0 Å². The van der Waals surface area contributed by atoms with E-state index in [1.165, 1.54) is 109 Å². The molecule has 1 nitrogen and oxygen atoms in total. The minimum atomic E-state index is -0.153. The SMILES string of the molecule is CC1(C)c2ccc(-c3c4ccccc4c(-c4ccc(-c5ccccc5)c5ccccc45)c4ccccc34)cc2-c2cc3ccc4oc5ccccc5c4c3cc21. The highest BCUT2D eigenvalue weighted by atomic mass is 16.3. The molecule has 0 spiro atoms. The Kier molecular flexibility index (Phi) is 6.46. The van der Waals surface area contributed by atoms with Crippen molar-refractivity contribution in [3.8, 4) is 44.5 Å². The molecule has 0 radical (unpaired) electrons. The molecule has 12 rings (SSSR count). The summed E-state index contributed by atoms with van der Waals surface area (Å²) >= 11 is 0. The fourth-order valence-electron chi connectivity index (χ4n) is 10.1. The number of furan rings is 1. The van der Waals surface area contributed by atoms with Crippen molar-refractivity contribution in [1.82, 2.24) is 0 Å². The molecule has 1 aliphatic rings. The first-order valence-corrected chi connectivity index (χ1v) is 19.6. The first kappa shape index (κ1) is 31.4. The van der Waals surface area contributed by atoms with E-state index >= 15 is 0 Å². The molecule has 1 heteroatoms. The molecule has 11 aromatic rings. The van der Waals surface area contributed by atoms with Gasteiger partial charge in [-0.2, -0.15) is 0 Å². The Bertz CT molecular complexity index is 3380. The topological polar surface area (TPSA) is 13.1 Å². The third-order valence-corrected chi connectivity index (χ3v) is 12.7. The molecular weight excluding hydrogens is 677 g/mol. The van der Waals surface area contributed by atoms with E-state index in [1.54, 1.807) is 0 Å². The number of benzene rings is 10. The molecule has 56 heavy (non-hydrogen) atoms. The van der Waals surface area contributed by atoms with Gasteiger partial charge in [0.05, 0.1) is 0 Å². The summed E-state index contributed by atoms with van der Waals surface area (Å²) in [5.41, 5.74) is 14.7. The predicted molar refractivity (Wildman–Crippen MR) is 238 cm³/mol. The maximum Gasteiger partial charge on any atom is 0.136 e. The van der Waals surface area contributed by atoms with Crippen molar-refractivity contribution in [1.29, 1.82) is 0 Å². The monoisotopic (exact) mass is 712 g/mol. The summed E-state index contributed by atoms with van der Waals surface area (Å²) < 4.78 is 6.31. The van der Waals surface area contributed by atoms with Crippen LogP contribution in [0.3, 0.4) is 0 Å². The quantitative estimate of drug-likeness (QED) is 0.166. The Balaban J connectivity index is 1.10. The fourth-order valence-corrected chi connectivity index (χ4v) is 10.1. The molecule has 0 saturated carbocycles. The highest BCUT2D eigenvalue weighted by Crippen LogP contribution is 2.53. The van der Waals surface area contributed by atoms with Crippen molar-refractivity contribution < 1.29 is 4.42 Å². The third-order valence-electron chi connectivity index (χ3n) is 12.7. The molecule has 0 bridgehead atoms. The molecule has 1 aliphatic carbocycles. The Morgan fingerprint density at radius 1 is 0.339 bits per heavy atom. The molecule has 1 heterocycles. The van der Waals surface area contributed by atoms with Crippen LogP contribution in [0.1, 0.15) is 25.0 Å². The molecule has 0 amide bonds. The zero-order chi connectivity index (χ0) is 37.1. The second kappa shape index (κ2) is 11.5. The van der Waals surface area contributed by atoms with E-state index in [-0.39, 0.29) is 5.41 Å². The highest BCUT2D eigenvalue weighted by Gasteiger charge is 2.36. The zero-order valence-electron chi connectivity index (χ0n) is 31.2. The van der Waals surface area contributed by atoms with Crippen molar-refractivity contribution in [2.75, 3.05) is 0 Å². The summed E-state index contributed by atoms with van der Waals surface area (Å²) in [5.74, 6) is 0. The maximum atomic E-state index is 6.31. The lowest BCUT2D eigenvalue weighted by Crippen LogP contribution is -2.14. The van der Waals surface area contributed by atoms with Crippen LogP contribution >= 0.6 is 0 Å². The zero-order valence-corrected chi connectivity index (χ0v) is 31.2. The molecule has 0 aliphatic heterocycles. The Labute approximate surface area is 325 Å². The number of para-hydroxylation sites is 1. The molecule has 1 aromatic heterocycles. The van der Waals surface area contributed by atoms with Gasteiger partial charge in [-0.25, -0.2) is 0 Å². The van der Waals surface area contributed by atoms with Gasteiger partial charge in [-0.05, 0) is 129 Å². The average molecular weight is 713 g/mol. The van der Waals surface area contributed by atoms with E-state index < -0.39 is 0 Å². The van der Waals surface area contributed by atoms with E-state index in [4.69, 9.17) is 4.42 Å².